The fourth-order valence-electron chi connectivity index (χ4n) is 1.84. The molecule has 0 bridgehead atoms. The Morgan fingerprint density at radius 2 is 1.79 bits per heavy atom. The number of hydrogen-bond acceptors (Lipinski definition) is 5. The van der Waals surface area contributed by atoms with E-state index in [9.17, 15) is 23.4 Å². The highest BCUT2D eigenvalue weighted by atomic mass is 28.4. The molecule has 2 N–H and O–H groups in total. The molecule has 0 spiro atoms. The van der Waals surface area contributed by atoms with Crippen LogP contribution in [0, 0.1) is 0 Å². The molecule has 0 aromatic rings. The summed E-state index contributed by atoms with van der Waals surface area (Å²) in [6.07, 6.45) is -13.2. The minimum atomic E-state index is -4.85. The topological polar surface area (TPSA) is 68.2 Å². The summed E-state index contributed by atoms with van der Waals surface area (Å²) in [5.74, 6) is 0. The van der Waals surface area contributed by atoms with Crippen LogP contribution in [-0.2, 0) is 13.9 Å². The summed E-state index contributed by atoms with van der Waals surface area (Å²) >= 11 is 0. The van der Waals surface area contributed by atoms with Gasteiger partial charge in [-0.3, -0.25) is 0 Å². The van der Waals surface area contributed by atoms with Gasteiger partial charge in [0.05, 0.1) is 0 Å². The predicted octanol–water partition coefficient (Wildman–Crippen LogP) is 0.862. The monoisotopic (exact) mass is 304 g/mol. The molecule has 1 rings (SSSR count). The van der Waals surface area contributed by atoms with Gasteiger partial charge >= 0.3 is 6.18 Å². The van der Waals surface area contributed by atoms with Gasteiger partial charge in [0.1, 0.15) is 18.3 Å². The average molecular weight is 304 g/mol. The van der Waals surface area contributed by atoms with Crippen molar-refractivity contribution in [2.75, 3.05) is 7.11 Å². The highest BCUT2D eigenvalue weighted by Crippen LogP contribution is 2.34. The van der Waals surface area contributed by atoms with E-state index in [1.807, 2.05) is 0 Å². The molecule has 5 atom stereocenters. The quantitative estimate of drug-likeness (QED) is 0.754. The maximum Gasteiger partial charge on any atom is 0.417 e. The molecule has 0 radical (unpaired) electrons. The molecule has 0 aromatic heterocycles. The lowest BCUT2D eigenvalue weighted by atomic mass is 10.1. The Labute approximate surface area is 110 Å². The zero-order chi connectivity index (χ0) is 15.0. The van der Waals surface area contributed by atoms with Gasteiger partial charge < -0.3 is 24.1 Å². The first-order valence-electron chi connectivity index (χ1n) is 5.76. The van der Waals surface area contributed by atoms with Gasteiger partial charge in [-0.25, -0.2) is 0 Å². The second kappa shape index (κ2) is 5.66. The van der Waals surface area contributed by atoms with Crippen LogP contribution < -0.4 is 0 Å². The number of aliphatic hydroxyl groups is 2. The van der Waals surface area contributed by atoms with Crippen molar-refractivity contribution in [2.24, 2.45) is 0 Å². The van der Waals surface area contributed by atoms with Crippen LogP contribution in [0.1, 0.15) is 0 Å². The molecule has 0 amide bonds. The van der Waals surface area contributed by atoms with E-state index in [4.69, 9.17) is 13.9 Å². The van der Waals surface area contributed by atoms with Crippen molar-refractivity contribution in [3.05, 3.63) is 0 Å². The van der Waals surface area contributed by atoms with Crippen molar-refractivity contribution in [3.8, 4) is 0 Å². The molecule has 0 saturated carbocycles. The Kier molecular flexibility index (Phi) is 5.02. The normalized spacial score (nSPS) is 34.6. The number of aliphatic hydroxyl groups excluding tert-OH is 2. The third-order valence-corrected chi connectivity index (χ3v) is 3.58. The zero-order valence-corrected chi connectivity index (χ0v) is 12.1. The van der Waals surface area contributed by atoms with E-state index in [-0.39, 0.29) is 0 Å². The average Bonchev–Trinajstić information content (AvgIpc) is 2.52. The summed E-state index contributed by atoms with van der Waals surface area (Å²) < 4.78 is 52.9. The third kappa shape index (κ3) is 4.13. The molecule has 1 aliphatic heterocycles. The van der Waals surface area contributed by atoms with Crippen molar-refractivity contribution in [2.45, 2.75) is 56.5 Å². The Hall–Kier alpha value is -0.193. The third-order valence-electron chi connectivity index (χ3n) is 2.60. The van der Waals surface area contributed by atoms with E-state index in [0.717, 1.165) is 0 Å². The first-order valence-corrected chi connectivity index (χ1v) is 9.17. The molecule has 114 valence electrons. The van der Waals surface area contributed by atoms with E-state index in [0.29, 0.717) is 0 Å². The molecular formula is C10H19F3O5Si. The van der Waals surface area contributed by atoms with Gasteiger partial charge in [0.2, 0.25) is 0 Å². The molecule has 5 nitrogen and oxygen atoms in total. The lowest BCUT2D eigenvalue weighted by molar-refractivity contribution is -0.252. The van der Waals surface area contributed by atoms with Gasteiger partial charge in [-0.05, 0) is 19.6 Å². The lowest BCUT2D eigenvalue weighted by Crippen LogP contribution is -2.50. The van der Waals surface area contributed by atoms with Crippen molar-refractivity contribution in [1.82, 2.24) is 0 Å². The van der Waals surface area contributed by atoms with E-state index in [1.165, 1.54) is 7.11 Å². The molecule has 1 fully saturated rings. The van der Waals surface area contributed by atoms with Gasteiger partial charge in [0.15, 0.2) is 20.7 Å². The SMILES string of the molecule is CO[C@H]1O[C@H]([C@H](O)C(F)(F)F)[C@@H](O[Si](C)(C)C)[C@@H]1O. The van der Waals surface area contributed by atoms with Crippen LogP contribution in [-0.4, -0.2) is 62.5 Å². The van der Waals surface area contributed by atoms with Crippen molar-refractivity contribution in [1.29, 1.82) is 0 Å². The second-order valence-corrected chi connectivity index (χ2v) is 9.84. The fraction of sp³-hybridized carbons (Fsp3) is 1.00. The Bertz CT molecular complexity index is 307. The van der Waals surface area contributed by atoms with Gasteiger partial charge in [-0.15, -0.1) is 0 Å². The minimum Gasteiger partial charge on any atom is -0.409 e. The summed E-state index contributed by atoms with van der Waals surface area (Å²) in [6.45, 7) is 5.28. The molecule has 0 aromatic carbocycles. The van der Waals surface area contributed by atoms with Crippen LogP contribution in [0.2, 0.25) is 19.6 Å². The lowest BCUT2D eigenvalue weighted by Gasteiger charge is -2.30. The highest BCUT2D eigenvalue weighted by molar-refractivity contribution is 6.69. The van der Waals surface area contributed by atoms with Crippen LogP contribution >= 0.6 is 0 Å². The van der Waals surface area contributed by atoms with Crippen molar-refractivity contribution >= 4 is 8.32 Å². The van der Waals surface area contributed by atoms with E-state index in [1.54, 1.807) is 19.6 Å². The molecule has 1 aliphatic rings. The number of ether oxygens (including phenoxy) is 2. The standard InChI is InChI=1S/C10H19F3O5Si/c1-16-9-5(14)6(18-19(2,3)4)7(17-9)8(15)10(11,12)13/h5-9,14-15H,1-4H3/t5-,6-,7-,8-,9-/m0/s1. The zero-order valence-electron chi connectivity index (χ0n) is 11.1. The molecule has 9 heteroatoms. The number of alkyl halides is 3. The Morgan fingerprint density at radius 1 is 1.26 bits per heavy atom. The van der Waals surface area contributed by atoms with Gasteiger partial charge in [-0.1, -0.05) is 0 Å². The molecular weight excluding hydrogens is 285 g/mol. The van der Waals surface area contributed by atoms with Crippen LogP contribution in [0.15, 0.2) is 0 Å². The van der Waals surface area contributed by atoms with Gasteiger partial charge in [-0.2, -0.15) is 13.2 Å². The van der Waals surface area contributed by atoms with Crippen molar-refractivity contribution in [3.63, 3.8) is 0 Å². The first kappa shape index (κ1) is 16.9. The van der Waals surface area contributed by atoms with Gasteiger partial charge in [0.25, 0.3) is 0 Å². The predicted molar refractivity (Wildman–Crippen MR) is 62.0 cm³/mol. The summed E-state index contributed by atoms with van der Waals surface area (Å²) in [7, 11) is -1.03. The smallest absolute Gasteiger partial charge is 0.409 e. The van der Waals surface area contributed by atoms with Gasteiger partial charge in [0, 0.05) is 7.11 Å². The molecule has 0 unspecified atom stereocenters. The van der Waals surface area contributed by atoms with Crippen LogP contribution in [0.3, 0.4) is 0 Å². The van der Waals surface area contributed by atoms with Crippen molar-refractivity contribution < 1.29 is 37.3 Å². The van der Waals surface area contributed by atoms with E-state index < -0.39 is 45.2 Å². The largest absolute Gasteiger partial charge is 0.417 e. The second-order valence-electron chi connectivity index (χ2n) is 5.38. The Morgan fingerprint density at radius 3 is 2.16 bits per heavy atom. The maximum absolute atomic E-state index is 12.6. The maximum atomic E-state index is 12.6. The number of halogens is 3. The van der Waals surface area contributed by atoms with Crippen LogP contribution in [0.5, 0.6) is 0 Å². The summed E-state index contributed by atoms with van der Waals surface area (Å²) in [5, 5.41) is 19.2. The molecule has 1 heterocycles. The first-order chi connectivity index (χ1) is 8.47. The fourth-order valence-corrected chi connectivity index (χ4v) is 2.93. The van der Waals surface area contributed by atoms with Crippen LogP contribution in [0.4, 0.5) is 13.2 Å². The number of methoxy groups -OCH3 is 1. The molecule has 0 aliphatic carbocycles. The Balaban J connectivity index is 2.93. The summed E-state index contributed by atoms with van der Waals surface area (Å²) in [4.78, 5) is 0. The molecule has 1 saturated heterocycles. The van der Waals surface area contributed by atoms with E-state index in [2.05, 4.69) is 0 Å². The van der Waals surface area contributed by atoms with Crippen LogP contribution in [0.25, 0.3) is 0 Å². The van der Waals surface area contributed by atoms with E-state index >= 15 is 0 Å². The number of rotatable bonds is 4. The number of hydrogen-bond donors (Lipinski definition) is 2. The summed E-state index contributed by atoms with van der Waals surface area (Å²) in [5.41, 5.74) is 0. The minimum absolute atomic E-state index is 1.20. The highest BCUT2D eigenvalue weighted by Gasteiger charge is 2.56. The summed E-state index contributed by atoms with van der Waals surface area (Å²) in [6, 6.07) is 0. The molecule has 19 heavy (non-hydrogen) atoms.